The molecule has 25 heavy (non-hydrogen) atoms. The Labute approximate surface area is 147 Å². The molecule has 1 aromatic heterocycles. The summed E-state index contributed by atoms with van der Waals surface area (Å²) in [4.78, 5) is 14.4. The summed E-state index contributed by atoms with van der Waals surface area (Å²) in [7, 11) is 0. The Hall–Kier alpha value is -2.05. The second-order valence-corrected chi connectivity index (χ2v) is 6.91. The fourth-order valence-electron chi connectivity index (χ4n) is 3.75. The van der Waals surface area contributed by atoms with Gasteiger partial charge in [-0.05, 0) is 31.9 Å². The molecule has 0 bridgehead atoms. The van der Waals surface area contributed by atoms with Crippen molar-refractivity contribution in [2.75, 3.05) is 26.3 Å². The van der Waals surface area contributed by atoms with Crippen LogP contribution in [0.4, 0.5) is 4.79 Å². The minimum atomic E-state index is -0.558. The van der Waals surface area contributed by atoms with Crippen molar-refractivity contribution in [2.45, 2.75) is 32.1 Å². The van der Waals surface area contributed by atoms with E-state index in [9.17, 15) is 4.79 Å². The molecule has 6 nitrogen and oxygen atoms in total. The van der Waals surface area contributed by atoms with Crippen LogP contribution >= 0.6 is 0 Å². The van der Waals surface area contributed by atoms with Crippen molar-refractivity contribution < 1.29 is 18.7 Å². The number of hydrogen-bond donors (Lipinski definition) is 1. The van der Waals surface area contributed by atoms with E-state index >= 15 is 0 Å². The molecule has 0 radical (unpaired) electrons. The summed E-state index contributed by atoms with van der Waals surface area (Å²) in [6.07, 6.45) is 1.98. The van der Waals surface area contributed by atoms with Crippen LogP contribution < -0.4 is 5.32 Å². The molecule has 2 amide bonds. The van der Waals surface area contributed by atoms with Crippen LogP contribution in [-0.2, 0) is 16.0 Å². The summed E-state index contributed by atoms with van der Waals surface area (Å²) in [6, 6.07) is 9.75. The zero-order chi connectivity index (χ0) is 17.3. The van der Waals surface area contributed by atoms with Gasteiger partial charge in [0.2, 0.25) is 0 Å². The molecule has 2 aliphatic rings. The Bertz CT molecular complexity index is 718. The first-order valence-corrected chi connectivity index (χ1v) is 8.92. The summed E-state index contributed by atoms with van der Waals surface area (Å²) in [5.41, 5.74) is 0.841. The Morgan fingerprint density at radius 1 is 1.32 bits per heavy atom. The van der Waals surface area contributed by atoms with Gasteiger partial charge in [-0.15, -0.1) is 0 Å². The van der Waals surface area contributed by atoms with Gasteiger partial charge in [0.25, 0.3) is 0 Å². The number of fused-ring (bicyclic) bond motifs is 1. The van der Waals surface area contributed by atoms with Gasteiger partial charge in [-0.1, -0.05) is 18.2 Å². The van der Waals surface area contributed by atoms with E-state index in [4.69, 9.17) is 13.9 Å². The number of hydrogen-bond acceptors (Lipinski definition) is 4. The molecule has 0 aliphatic carbocycles. The van der Waals surface area contributed by atoms with E-state index in [1.165, 1.54) is 0 Å². The normalized spacial score (nSPS) is 23.1. The van der Waals surface area contributed by atoms with E-state index in [0.717, 1.165) is 36.1 Å². The van der Waals surface area contributed by atoms with Crippen LogP contribution in [0.2, 0.25) is 0 Å². The van der Waals surface area contributed by atoms with Gasteiger partial charge < -0.3 is 24.1 Å². The predicted molar refractivity (Wildman–Crippen MR) is 93.1 cm³/mol. The number of furan rings is 1. The highest BCUT2D eigenvalue weighted by molar-refractivity contribution is 5.78. The molecule has 1 N–H and O–H groups in total. The number of urea groups is 1. The topological polar surface area (TPSA) is 63.9 Å². The molecule has 6 heteroatoms. The number of rotatable bonds is 3. The lowest BCUT2D eigenvalue weighted by Gasteiger charge is -2.39. The Morgan fingerprint density at radius 2 is 2.12 bits per heavy atom. The number of carbonyl (C=O) groups is 1. The number of likely N-dealkylation sites (tertiary alicyclic amines) is 1. The summed E-state index contributed by atoms with van der Waals surface area (Å²) in [5.74, 6) is 0.413. The van der Waals surface area contributed by atoms with Crippen LogP contribution in [0.1, 0.15) is 25.5 Å². The minimum Gasteiger partial charge on any atom is -0.459 e. The quantitative estimate of drug-likeness (QED) is 0.929. The van der Waals surface area contributed by atoms with Gasteiger partial charge in [0, 0.05) is 24.4 Å². The number of ether oxygens (including phenoxy) is 2. The molecule has 2 aliphatic heterocycles. The van der Waals surface area contributed by atoms with Gasteiger partial charge in [-0.3, -0.25) is 0 Å². The van der Waals surface area contributed by atoms with Crippen LogP contribution in [0.3, 0.4) is 0 Å². The number of nitrogens with one attached hydrogen (secondary N) is 1. The molecule has 3 heterocycles. The van der Waals surface area contributed by atoms with E-state index in [1.54, 1.807) is 0 Å². The molecule has 2 saturated heterocycles. The zero-order valence-corrected chi connectivity index (χ0v) is 14.5. The standard InChI is InChI=1S/C19H24N2O4/c1-19(23-9-10-24-19)15-6-4-8-21(13-15)18(22)20-12-16-11-14-5-2-3-7-17(14)25-16/h2-3,5,7,11,15H,4,6,8-10,12-13H2,1H3,(H,20,22). The van der Waals surface area contributed by atoms with Crippen molar-refractivity contribution in [2.24, 2.45) is 5.92 Å². The maximum atomic E-state index is 12.5. The first-order chi connectivity index (χ1) is 12.1. The van der Waals surface area contributed by atoms with E-state index < -0.39 is 5.79 Å². The highest BCUT2D eigenvalue weighted by Crippen LogP contribution is 2.34. The van der Waals surface area contributed by atoms with Gasteiger partial charge >= 0.3 is 6.03 Å². The fourth-order valence-corrected chi connectivity index (χ4v) is 3.75. The molecular weight excluding hydrogens is 320 g/mol. The monoisotopic (exact) mass is 344 g/mol. The third-order valence-electron chi connectivity index (χ3n) is 5.20. The summed E-state index contributed by atoms with van der Waals surface area (Å²) < 4.78 is 17.3. The highest BCUT2D eigenvalue weighted by Gasteiger charge is 2.42. The largest absolute Gasteiger partial charge is 0.459 e. The number of benzene rings is 1. The average molecular weight is 344 g/mol. The number of amides is 2. The number of nitrogens with zero attached hydrogens (tertiary/aromatic N) is 1. The Balaban J connectivity index is 1.35. The van der Waals surface area contributed by atoms with Crippen molar-refractivity contribution in [3.8, 4) is 0 Å². The van der Waals surface area contributed by atoms with Crippen molar-refractivity contribution in [3.63, 3.8) is 0 Å². The molecule has 1 unspecified atom stereocenters. The molecule has 2 fully saturated rings. The first-order valence-electron chi connectivity index (χ1n) is 8.92. The van der Waals surface area contributed by atoms with E-state index in [0.29, 0.717) is 26.3 Å². The molecule has 1 atom stereocenters. The highest BCUT2D eigenvalue weighted by atomic mass is 16.7. The van der Waals surface area contributed by atoms with Crippen molar-refractivity contribution in [1.29, 1.82) is 0 Å². The number of para-hydroxylation sites is 1. The lowest BCUT2D eigenvalue weighted by Crippen LogP contribution is -2.51. The first kappa shape index (κ1) is 16.4. The molecule has 0 spiro atoms. The SMILES string of the molecule is CC1(C2CCCN(C(=O)NCc3cc4ccccc4o3)C2)OCCO1. The Kier molecular flexibility index (Phi) is 4.39. The third kappa shape index (κ3) is 3.37. The fraction of sp³-hybridized carbons (Fsp3) is 0.526. The maximum Gasteiger partial charge on any atom is 0.317 e. The van der Waals surface area contributed by atoms with Gasteiger partial charge in [-0.25, -0.2) is 4.79 Å². The van der Waals surface area contributed by atoms with Crippen LogP contribution in [0.5, 0.6) is 0 Å². The second kappa shape index (κ2) is 6.69. The van der Waals surface area contributed by atoms with Crippen LogP contribution in [0.25, 0.3) is 11.0 Å². The number of piperidine rings is 1. The summed E-state index contributed by atoms with van der Waals surface area (Å²) in [5, 5.41) is 4.01. The van der Waals surface area contributed by atoms with Crippen molar-refractivity contribution in [3.05, 3.63) is 36.1 Å². The van der Waals surface area contributed by atoms with Gasteiger partial charge in [0.15, 0.2) is 5.79 Å². The smallest absolute Gasteiger partial charge is 0.317 e. The third-order valence-corrected chi connectivity index (χ3v) is 5.20. The van der Waals surface area contributed by atoms with Gasteiger partial charge in [0.05, 0.1) is 19.8 Å². The second-order valence-electron chi connectivity index (χ2n) is 6.91. The lowest BCUT2D eigenvalue weighted by molar-refractivity contribution is -0.189. The molecule has 0 saturated carbocycles. The maximum absolute atomic E-state index is 12.5. The predicted octanol–water partition coefficient (Wildman–Crippen LogP) is 3.12. The van der Waals surface area contributed by atoms with Crippen LogP contribution in [-0.4, -0.2) is 43.0 Å². The van der Waals surface area contributed by atoms with Gasteiger partial charge in [-0.2, -0.15) is 0 Å². The number of carbonyl (C=O) groups excluding carboxylic acids is 1. The van der Waals surface area contributed by atoms with E-state index in [-0.39, 0.29) is 11.9 Å². The molecule has 2 aromatic rings. The zero-order valence-electron chi connectivity index (χ0n) is 14.5. The molecule has 134 valence electrons. The van der Waals surface area contributed by atoms with Crippen molar-refractivity contribution in [1.82, 2.24) is 10.2 Å². The molecule has 4 rings (SSSR count). The average Bonchev–Trinajstić information content (AvgIpc) is 3.26. The van der Waals surface area contributed by atoms with Crippen LogP contribution in [0.15, 0.2) is 34.7 Å². The molecule has 1 aromatic carbocycles. The lowest BCUT2D eigenvalue weighted by atomic mass is 9.90. The summed E-state index contributed by atoms with van der Waals surface area (Å²) >= 11 is 0. The molecular formula is C19H24N2O4. The van der Waals surface area contributed by atoms with E-state index in [1.807, 2.05) is 42.2 Å². The van der Waals surface area contributed by atoms with Crippen LogP contribution in [0, 0.1) is 5.92 Å². The minimum absolute atomic E-state index is 0.0632. The van der Waals surface area contributed by atoms with Gasteiger partial charge in [0.1, 0.15) is 11.3 Å². The van der Waals surface area contributed by atoms with Crippen molar-refractivity contribution >= 4 is 17.0 Å². The Morgan fingerprint density at radius 3 is 2.92 bits per heavy atom. The van der Waals surface area contributed by atoms with E-state index in [2.05, 4.69) is 5.32 Å². The summed E-state index contributed by atoms with van der Waals surface area (Å²) in [6.45, 7) is 5.05.